The van der Waals surface area contributed by atoms with E-state index in [4.69, 9.17) is 10.9 Å². The molecule has 1 aliphatic rings. The van der Waals surface area contributed by atoms with Crippen LogP contribution in [0.2, 0.25) is 0 Å². The maximum atomic E-state index is 8.85. The Morgan fingerprint density at radius 2 is 2.25 bits per heavy atom. The van der Waals surface area contributed by atoms with E-state index >= 15 is 0 Å². The Morgan fingerprint density at radius 1 is 1.45 bits per heavy atom. The van der Waals surface area contributed by atoms with Crippen molar-refractivity contribution < 1.29 is 5.21 Å². The van der Waals surface area contributed by atoms with E-state index in [1.165, 1.54) is 25.7 Å². The number of amidine groups is 1. The van der Waals surface area contributed by atoms with Gasteiger partial charge in [-0.3, -0.25) is 0 Å². The van der Waals surface area contributed by atoms with Crippen molar-refractivity contribution in [3.05, 3.63) is 23.4 Å². The average molecular weight is 276 g/mol. The highest BCUT2D eigenvalue weighted by atomic mass is 16.4. The molecule has 1 unspecified atom stereocenters. The summed E-state index contributed by atoms with van der Waals surface area (Å²) in [5.74, 6) is 1.08. The Kier molecular flexibility index (Phi) is 4.82. The summed E-state index contributed by atoms with van der Waals surface area (Å²) in [4.78, 5) is 7.03. The predicted molar refractivity (Wildman–Crippen MR) is 81.4 cm³/mol. The van der Waals surface area contributed by atoms with Crippen molar-refractivity contribution in [1.29, 1.82) is 0 Å². The van der Waals surface area contributed by atoms with Crippen LogP contribution in [0.5, 0.6) is 0 Å². The lowest BCUT2D eigenvalue weighted by molar-refractivity contribution is 0.318. The second-order valence-corrected chi connectivity index (χ2v) is 5.45. The molecule has 2 heterocycles. The molecule has 0 amide bonds. The average Bonchev–Trinajstić information content (AvgIpc) is 2.70. The van der Waals surface area contributed by atoms with E-state index in [0.717, 1.165) is 30.0 Å². The monoisotopic (exact) mass is 276 g/mol. The van der Waals surface area contributed by atoms with Crippen LogP contribution in [-0.4, -0.2) is 28.6 Å². The molecule has 3 N–H and O–H groups in total. The molecule has 0 spiro atoms. The van der Waals surface area contributed by atoms with Gasteiger partial charge in [0.05, 0.1) is 0 Å². The summed E-state index contributed by atoms with van der Waals surface area (Å²) < 4.78 is 0. The maximum absolute atomic E-state index is 8.85. The molecule has 1 aromatic heterocycles. The van der Waals surface area contributed by atoms with Gasteiger partial charge >= 0.3 is 0 Å². The second-order valence-electron chi connectivity index (χ2n) is 5.45. The molecular formula is C15H24N4O. The molecule has 1 aliphatic heterocycles. The van der Waals surface area contributed by atoms with Crippen molar-refractivity contribution in [1.82, 2.24) is 4.98 Å². The first-order valence-electron chi connectivity index (χ1n) is 7.39. The summed E-state index contributed by atoms with van der Waals surface area (Å²) in [5, 5.41) is 11.9. The van der Waals surface area contributed by atoms with Crippen LogP contribution in [0.4, 0.5) is 5.82 Å². The van der Waals surface area contributed by atoms with Crippen molar-refractivity contribution in [2.45, 2.75) is 52.0 Å². The normalized spacial score (nSPS) is 20.8. The molecule has 5 heteroatoms. The molecule has 1 atom stereocenters. The molecule has 1 aromatic rings. The van der Waals surface area contributed by atoms with E-state index in [-0.39, 0.29) is 5.84 Å². The van der Waals surface area contributed by atoms with E-state index in [1.807, 2.05) is 19.1 Å². The molecular weight excluding hydrogens is 252 g/mol. The van der Waals surface area contributed by atoms with Crippen molar-refractivity contribution in [3.8, 4) is 0 Å². The zero-order chi connectivity index (χ0) is 14.5. The summed E-state index contributed by atoms with van der Waals surface area (Å²) in [6, 6.07) is 4.31. The minimum atomic E-state index is 0.139. The lowest BCUT2D eigenvalue weighted by atomic mass is 10.1. The summed E-state index contributed by atoms with van der Waals surface area (Å²) in [6.07, 6.45) is 6.10. The van der Waals surface area contributed by atoms with E-state index in [2.05, 4.69) is 22.0 Å². The fourth-order valence-electron chi connectivity index (χ4n) is 2.91. The zero-order valence-electron chi connectivity index (χ0n) is 12.3. The van der Waals surface area contributed by atoms with Gasteiger partial charge in [-0.05, 0) is 38.3 Å². The largest absolute Gasteiger partial charge is 0.409 e. The van der Waals surface area contributed by atoms with Gasteiger partial charge in [-0.15, -0.1) is 0 Å². The molecule has 0 aromatic carbocycles. The molecule has 1 fully saturated rings. The topological polar surface area (TPSA) is 74.7 Å². The summed E-state index contributed by atoms with van der Waals surface area (Å²) in [6.45, 7) is 5.20. The number of oxime groups is 1. The van der Waals surface area contributed by atoms with Gasteiger partial charge in [0.25, 0.3) is 0 Å². The molecule has 5 nitrogen and oxygen atoms in total. The van der Waals surface area contributed by atoms with Gasteiger partial charge in [0.15, 0.2) is 5.84 Å². The van der Waals surface area contributed by atoms with Gasteiger partial charge in [-0.1, -0.05) is 24.9 Å². The van der Waals surface area contributed by atoms with E-state index in [0.29, 0.717) is 6.04 Å². The van der Waals surface area contributed by atoms with Gasteiger partial charge in [-0.2, -0.15) is 0 Å². The minimum Gasteiger partial charge on any atom is -0.409 e. The number of rotatable bonds is 3. The number of hydrogen-bond acceptors (Lipinski definition) is 4. The minimum absolute atomic E-state index is 0.139. The Balaban J connectivity index is 2.36. The van der Waals surface area contributed by atoms with Crippen molar-refractivity contribution in [3.63, 3.8) is 0 Å². The van der Waals surface area contributed by atoms with Crippen LogP contribution in [0.25, 0.3) is 0 Å². The molecule has 0 radical (unpaired) electrons. The van der Waals surface area contributed by atoms with Gasteiger partial charge in [0.1, 0.15) is 5.82 Å². The lowest BCUT2D eigenvalue weighted by Crippen LogP contribution is -2.35. The summed E-state index contributed by atoms with van der Waals surface area (Å²) in [5.41, 5.74) is 7.34. The Hall–Kier alpha value is -1.78. The van der Waals surface area contributed by atoms with Crippen LogP contribution >= 0.6 is 0 Å². The molecule has 110 valence electrons. The van der Waals surface area contributed by atoms with Gasteiger partial charge in [0.2, 0.25) is 0 Å². The first kappa shape index (κ1) is 14.6. The number of nitrogens with two attached hydrogens (primary N) is 1. The van der Waals surface area contributed by atoms with Crippen LogP contribution in [0.1, 0.15) is 50.3 Å². The SMILES string of the molecule is CCC1CCCCCN1c1cc(/C(N)=N/O)cc(C)n1. The molecule has 0 bridgehead atoms. The molecule has 0 aliphatic carbocycles. The third kappa shape index (κ3) is 3.21. The Morgan fingerprint density at radius 3 is 2.95 bits per heavy atom. The first-order chi connectivity index (χ1) is 9.65. The number of aryl methyl sites for hydroxylation is 1. The lowest BCUT2D eigenvalue weighted by Gasteiger charge is -2.31. The number of hydrogen-bond donors (Lipinski definition) is 2. The predicted octanol–water partition coefficient (Wildman–Crippen LogP) is 2.64. The third-order valence-electron chi connectivity index (χ3n) is 3.99. The smallest absolute Gasteiger partial charge is 0.170 e. The van der Waals surface area contributed by atoms with Crippen LogP contribution in [0, 0.1) is 6.92 Å². The molecule has 1 saturated heterocycles. The number of aromatic nitrogens is 1. The van der Waals surface area contributed by atoms with Crippen LogP contribution in [0.3, 0.4) is 0 Å². The number of anilines is 1. The van der Waals surface area contributed by atoms with Crippen molar-refractivity contribution >= 4 is 11.7 Å². The Bertz CT molecular complexity index is 487. The summed E-state index contributed by atoms with van der Waals surface area (Å²) >= 11 is 0. The Labute approximate surface area is 120 Å². The van der Waals surface area contributed by atoms with Crippen molar-refractivity contribution in [2.75, 3.05) is 11.4 Å². The van der Waals surface area contributed by atoms with Gasteiger partial charge < -0.3 is 15.8 Å². The molecule has 2 rings (SSSR count). The molecule has 0 saturated carbocycles. The van der Waals surface area contributed by atoms with E-state index in [9.17, 15) is 0 Å². The van der Waals surface area contributed by atoms with Gasteiger partial charge in [-0.25, -0.2) is 4.98 Å². The quantitative estimate of drug-likeness (QED) is 0.385. The highest BCUT2D eigenvalue weighted by Gasteiger charge is 2.21. The first-order valence-corrected chi connectivity index (χ1v) is 7.39. The fraction of sp³-hybridized carbons (Fsp3) is 0.600. The van der Waals surface area contributed by atoms with Crippen LogP contribution < -0.4 is 10.6 Å². The van der Waals surface area contributed by atoms with Crippen LogP contribution in [-0.2, 0) is 0 Å². The molecule has 20 heavy (non-hydrogen) atoms. The maximum Gasteiger partial charge on any atom is 0.170 e. The van der Waals surface area contributed by atoms with Gasteiger partial charge in [0, 0.05) is 23.8 Å². The number of nitrogens with zero attached hydrogens (tertiary/aromatic N) is 3. The van der Waals surface area contributed by atoms with Crippen molar-refractivity contribution in [2.24, 2.45) is 10.9 Å². The standard InChI is InChI=1S/C15H24N4O/c1-3-13-7-5-4-6-8-19(13)14-10-12(15(16)18-20)9-11(2)17-14/h9-10,13,20H,3-8H2,1-2H3,(H2,16,18). The van der Waals surface area contributed by atoms with E-state index in [1.54, 1.807) is 0 Å². The highest BCUT2D eigenvalue weighted by Crippen LogP contribution is 2.25. The zero-order valence-corrected chi connectivity index (χ0v) is 12.3. The van der Waals surface area contributed by atoms with Crippen LogP contribution in [0.15, 0.2) is 17.3 Å². The second kappa shape index (κ2) is 6.59. The van der Waals surface area contributed by atoms with E-state index < -0.39 is 0 Å². The fourth-order valence-corrected chi connectivity index (χ4v) is 2.91. The highest BCUT2D eigenvalue weighted by molar-refractivity contribution is 5.97. The summed E-state index contributed by atoms with van der Waals surface area (Å²) in [7, 11) is 0. The number of pyridine rings is 1. The third-order valence-corrected chi connectivity index (χ3v) is 3.99.